The van der Waals surface area contributed by atoms with Crippen molar-refractivity contribution in [2.24, 2.45) is 0 Å². The van der Waals surface area contributed by atoms with E-state index < -0.39 is 11.9 Å². The monoisotopic (exact) mass is 404 g/mol. The van der Waals surface area contributed by atoms with E-state index in [1.54, 1.807) is 0 Å². The molecule has 1 aliphatic heterocycles. The Bertz CT molecular complexity index is 933. The largest absolute Gasteiger partial charge is 0.433 e. The molecule has 154 valence electrons. The Labute approximate surface area is 167 Å². The zero-order valence-corrected chi connectivity index (χ0v) is 16.3. The van der Waals surface area contributed by atoms with Gasteiger partial charge < -0.3 is 9.80 Å². The van der Waals surface area contributed by atoms with Crippen molar-refractivity contribution in [3.63, 3.8) is 0 Å². The van der Waals surface area contributed by atoms with Crippen molar-refractivity contribution in [2.75, 3.05) is 36.0 Å². The Morgan fingerprint density at radius 2 is 1.66 bits per heavy atom. The number of fused-ring (bicyclic) bond motifs is 1. The van der Waals surface area contributed by atoms with Crippen LogP contribution in [0.3, 0.4) is 0 Å². The van der Waals surface area contributed by atoms with E-state index in [-0.39, 0.29) is 5.92 Å². The summed E-state index contributed by atoms with van der Waals surface area (Å²) in [6.07, 6.45) is 0.376. The summed E-state index contributed by atoms with van der Waals surface area (Å²) in [4.78, 5) is 21.7. The standard InChI is InChI=1S/C20H23F3N6/c1-12-24-15-4-2-3-14(15)19(25-12)29-9-7-28(8-10-29)17-11-16(20(21,22)23)26-18(27-17)13-5-6-13/h11,13H,2-10H2,1H3. The molecule has 0 amide bonds. The number of hydrogen-bond donors (Lipinski definition) is 0. The Hall–Kier alpha value is -2.45. The Kier molecular flexibility index (Phi) is 4.36. The molecular formula is C20H23F3N6. The smallest absolute Gasteiger partial charge is 0.353 e. The van der Waals surface area contributed by atoms with Gasteiger partial charge in [0.1, 0.15) is 29.0 Å². The summed E-state index contributed by atoms with van der Waals surface area (Å²) in [5.74, 6) is 2.58. The fourth-order valence-electron chi connectivity index (χ4n) is 4.23. The van der Waals surface area contributed by atoms with E-state index in [4.69, 9.17) is 0 Å². The first-order valence-corrected chi connectivity index (χ1v) is 10.2. The first kappa shape index (κ1) is 18.6. The van der Waals surface area contributed by atoms with Crippen LogP contribution in [0.1, 0.15) is 53.8 Å². The average Bonchev–Trinajstić information content (AvgIpc) is 3.45. The van der Waals surface area contributed by atoms with Crippen molar-refractivity contribution < 1.29 is 13.2 Å². The summed E-state index contributed by atoms with van der Waals surface area (Å²) in [6.45, 7) is 4.53. The van der Waals surface area contributed by atoms with E-state index in [0.717, 1.165) is 55.5 Å². The van der Waals surface area contributed by atoms with Gasteiger partial charge in [-0.3, -0.25) is 0 Å². The molecule has 3 aliphatic rings. The van der Waals surface area contributed by atoms with Gasteiger partial charge in [-0.15, -0.1) is 0 Å². The van der Waals surface area contributed by atoms with E-state index in [1.165, 1.54) is 5.56 Å². The summed E-state index contributed by atoms with van der Waals surface area (Å²) in [5, 5.41) is 0. The van der Waals surface area contributed by atoms with Crippen LogP contribution in [0, 0.1) is 6.92 Å². The highest BCUT2D eigenvalue weighted by Crippen LogP contribution is 2.40. The number of rotatable bonds is 3. The third kappa shape index (κ3) is 3.62. The molecule has 9 heteroatoms. The van der Waals surface area contributed by atoms with Crippen molar-refractivity contribution in [3.8, 4) is 0 Å². The van der Waals surface area contributed by atoms with Gasteiger partial charge in [0.15, 0.2) is 0 Å². The average molecular weight is 404 g/mol. The SMILES string of the molecule is Cc1nc2c(c(N3CCN(c4cc(C(F)(F)F)nc(C5CC5)n4)CC3)n1)CCC2. The van der Waals surface area contributed by atoms with Gasteiger partial charge in [0.25, 0.3) is 0 Å². The second kappa shape index (κ2) is 6.81. The van der Waals surface area contributed by atoms with Crippen LogP contribution >= 0.6 is 0 Å². The zero-order valence-electron chi connectivity index (χ0n) is 16.3. The molecule has 0 aromatic carbocycles. The quantitative estimate of drug-likeness (QED) is 0.783. The van der Waals surface area contributed by atoms with Gasteiger partial charge >= 0.3 is 6.18 Å². The van der Waals surface area contributed by atoms with Gasteiger partial charge in [-0.05, 0) is 39.0 Å². The summed E-state index contributed by atoms with van der Waals surface area (Å²) in [7, 11) is 0. The van der Waals surface area contributed by atoms with Crippen LogP contribution in [0.4, 0.5) is 24.8 Å². The number of halogens is 3. The van der Waals surface area contributed by atoms with E-state index >= 15 is 0 Å². The highest BCUT2D eigenvalue weighted by molar-refractivity contribution is 5.53. The summed E-state index contributed by atoms with van der Waals surface area (Å²) >= 11 is 0. The molecule has 2 aromatic heterocycles. The minimum absolute atomic E-state index is 0.0731. The number of aromatic nitrogens is 4. The fraction of sp³-hybridized carbons (Fsp3) is 0.600. The molecule has 29 heavy (non-hydrogen) atoms. The molecule has 0 spiro atoms. The fourth-order valence-corrected chi connectivity index (χ4v) is 4.23. The maximum Gasteiger partial charge on any atom is 0.433 e. The Balaban J connectivity index is 1.37. The number of piperazine rings is 1. The lowest BCUT2D eigenvalue weighted by Gasteiger charge is -2.37. The summed E-state index contributed by atoms with van der Waals surface area (Å²) in [5.41, 5.74) is 1.55. The van der Waals surface area contributed by atoms with E-state index in [1.807, 2.05) is 11.8 Å². The van der Waals surface area contributed by atoms with Crippen molar-refractivity contribution in [2.45, 2.75) is 51.1 Å². The molecule has 0 bridgehead atoms. The predicted octanol–water partition coefficient (Wildman–Crippen LogP) is 3.29. The third-order valence-corrected chi connectivity index (χ3v) is 5.89. The maximum absolute atomic E-state index is 13.3. The lowest BCUT2D eigenvalue weighted by atomic mass is 10.2. The van der Waals surface area contributed by atoms with Crippen LogP contribution in [-0.4, -0.2) is 46.1 Å². The lowest BCUT2D eigenvalue weighted by molar-refractivity contribution is -0.141. The molecule has 3 heterocycles. The van der Waals surface area contributed by atoms with Gasteiger partial charge in [0, 0.05) is 49.4 Å². The highest BCUT2D eigenvalue weighted by Gasteiger charge is 2.37. The zero-order chi connectivity index (χ0) is 20.2. The Morgan fingerprint density at radius 3 is 2.34 bits per heavy atom. The molecule has 0 radical (unpaired) electrons. The van der Waals surface area contributed by atoms with Gasteiger partial charge in [-0.2, -0.15) is 13.2 Å². The molecule has 2 aliphatic carbocycles. The van der Waals surface area contributed by atoms with Crippen LogP contribution in [-0.2, 0) is 19.0 Å². The summed E-state index contributed by atoms with van der Waals surface area (Å²) in [6, 6.07) is 1.09. The Morgan fingerprint density at radius 1 is 0.931 bits per heavy atom. The predicted molar refractivity (Wildman–Crippen MR) is 102 cm³/mol. The maximum atomic E-state index is 13.3. The number of aryl methyl sites for hydroxylation is 2. The topological polar surface area (TPSA) is 58.0 Å². The minimum Gasteiger partial charge on any atom is -0.353 e. The third-order valence-electron chi connectivity index (χ3n) is 5.89. The molecule has 0 unspecified atom stereocenters. The van der Waals surface area contributed by atoms with Gasteiger partial charge in [0.05, 0.1) is 0 Å². The second-order valence-electron chi connectivity index (χ2n) is 8.09. The van der Waals surface area contributed by atoms with Crippen LogP contribution in [0.25, 0.3) is 0 Å². The molecule has 2 fully saturated rings. The minimum atomic E-state index is -4.46. The number of anilines is 2. The molecule has 1 saturated carbocycles. The molecule has 0 N–H and O–H groups in total. The van der Waals surface area contributed by atoms with Crippen molar-refractivity contribution in [1.82, 2.24) is 19.9 Å². The van der Waals surface area contributed by atoms with Crippen LogP contribution in [0.5, 0.6) is 0 Å². The molecule has 1 saturated heterocycles. The van der Waals surface area contributed by atoms with Gasteiger partial charge in [0.2, 0.25) is 0 Å². The molecule has 2 aromatic rings. The first-order chi connectivity index (χ1) is 13.9. The van der Waals surface area contributed by atoms with Crippen molar-refractivity contribution >= 4 is 11.6 Å². The van der Waals surface area contributed by atoms with Crippen molar-refractivity contribution in [3.05, 3.63) is 34.7 Å². The van der Waals surface area contributed by atoms with Crippen LogP contribution in [0.2, 0.25) is 0 Å². The molecular weight excluding hydrogens is 381 g/mol. The van der Waals surface area contributed by atoms with E-state index in [2.05, 4.69) is 24.8 Å². The molecule has 6 nitrogen and oxygen atoms in total. The van der Waals surface area contributed by atoms with E-state index in [9.17, 15) is 13.2 Å². The first-order valence-electron chi connectivity index (χ1n) is 10.2. The second-order valence-corrected chi connectivity index (χ2v) is 8.09. The van der Waals surface area contributed by atoms with Gasteiger partial charge in [-0.1, -0.05) is 0 Å². The number of alkyl halides is 3. The normalized spacial score (nSPS) is 19.6. The highest BCUT2D eigenvalue weighted by atomic mass is 19.4. The molecule has 0 atom stereocenters. The van der Waals surface area contributed by atoms with E-state index in [0.29, 0.717) is 37.8 Å². The summed E-state index contributed by atoms with van der Waals surface area (Å²) < 4.78 is 39.9. The molecule has 5 rings (SSSR count). The number of hydrogen-bond acceptors (Lipinski definition) is 6. The van der Waals surface area contributed by atoms with Crippen LogP contribution < -0.4 is 9.80 Å². The number of nitrogens with zero attached hydrogens (tertiary/aromatic N) is 6. The van der Waals surface area contributed by atoms with Gasteiger partial charge in [-0.25, -0.2) is 19.9 Å². The lowest BCUT2D eigenvalue weighted by Crippen LogP contribution is -2.47. The van der Waals surface area contributed by atoms with Crippen LogP contribution in [0.15, 0.2) is 6.07 Å². The van der Waals surface area contributed by atoms with Crippen molar-refractivity contribution in [1.29, 1.82) is 0 Å².